The minimum absolute atomic E-state index is 0.123. The number of rotatable bonds is 7. The Kier molecular flexibility index (Phi) is 6.16. The minimum atomic E-state index is -0.663. The zero-order valence-electron chi connectivity index (χ0n) is 16.1. The molecule has 2 heterocycles. The van der Waals surface area contributed by atoms with E-state index in [-0.39, 0.29) is 11.3 Å². The highest BCUT2D eigenvalue weighted by molar-refractivity contribution is 7.10. The van der Waals surface area contributed by atoms with Crippen LogP contribution < -0.4 is 4.74 Å². The third kappa shape index (κ3) is 3.68. The number of hydrogen-bond acceptors (Lipinski definition) is 6. The van der Waals surface area contributed by atoms with E-state index in [0.29, 0.717) is 30.9 Å². The number of methoxy groups -OCH3 is 2. The largest absolute Gasteiger partial charge is 0.507 e. The zero-order valence-corrected chi connectivity index (χ0v) is 16.9. The Balaban J connectivity index is 2.09. The third-order valence-corrected chi connectivity index (χ3v) is 5.71. The molecule has 0 radical (unpaired) electrons. The smallest absolute Gasteiger partial charge is 0.295 e. The summed E-state index contributed by atoms with van der Waals surface area (Å²) in [5.74, 6) is -0.763. The van der Waals surface area contributed by atoms with Crippen molar-refractivity contribution in [2.24, 2.45) is 0 Å². The van der Waals surface area contributed by atoms with Gasteiger partial charge >= 0.3 is 0 Å². The van der Waals surface area contributed by atoms with Crippen LogP contribution in [0.1, 0.15) is 28.5 Å². The molecule has 1 saturated heterocycles. The lowest BCUT2D eigenvalue weighted by molar-refractivity contribution is -0.140. The Hall–Kier alpha value is -2.64. The first-order valence-corrected chi connectivity index (χ1v) is 9.83. The number of carbonyl (C=O) groups excluding carboxylic acids is 2. The van der Waals surface area contributed by atoms with E-state index in [1.807, 2.05) is 24.4 Å². The fourth-order valence-corrected chi connectivity index (χ4v) is 4.25. The van der Waals surface area contributed by atoms with E-state index >= 15 is 0 Å². The van der Waals surface area contributed by atoms with Crippen molar-refractivity contribution in [1.29, 1.82) is 0 Å². The van der Waals surface area contributed by atoms with Crippen LogP contribution in [0.3, 0.4) is 0 Å². The number of ketones is 1. The van der Waals surface area contributed by atoms with Gasteiger partial charge in [-0.1, -0.05) is 6.07 Å². The molecule has 1 atom stereocenters. The summed E-state index contributed by atoms with van der Waals surface area (Å²) in [6.45, 7) is 2.68. The molecule has 1 aliphatic rings. The molecular weight excluding hydrogens is 378 g/mol. The van der Waals surface area contributed by atoms with Crippen LogP contribution in [0.15, 0.2) is 41.3 Å². The Morgan fingerprint density at radius 2 is 2.04 bits per heavy atom. The molecule has 0 spiro atoms. The fourth-order valence-electron chi connectivity index (χ4n) is 3.41. The van der Waals surface area contributed by atoms with Gasteiger partial charge in [0.25, 0.3) is 11.7 Å². The van der Waals surface area contributed by atoms with Crippen LogP contribution in [0, 0.1) is 6.92 Å². The topological polar surface area (TPSA) is 76.1 Å². The highest BCUT2D eigenvalue weighted by Crippen LogP contribution is 2.41. The van der Waals surface area contributed by atoms with Crippen LogP contribution in [0.2, 0.25) is 0 Å². The first-order chi connectivity index (χ1) is 13.5. The molecule has 1 aliphatic heterocycles. The molecule has 1 amide bonds. The first kappa shape index (κ1) is 20.1. The number of nitrogens with zero attached hydrogens (tertiary/aromatic N) is 1. The van der Waals surface area contributed by atoms with Crippen molar-refractivity contribution in [2.45, 2.75) is 19.4 Å². The van der Waals surface area contributed by atoms with Gasteiger partial charge in [-0.15, -0.1) is 11.3 Å². The molecule has 1 fully saturated rings. The number of aliphatic hydroxyl groups excluding tert-OH is 1. The number of carbonyl (C=O) groups is 2. The quantitative estimate of drug-likeness (QED) is 0.332. The Labute approximate surface area is 168 Å². The molecule has 7 heteroatoms. The molecule has 28 heavy (non-hydrogen) atoms. The summed E-state index contributed by atoms with van der Waals surface area (Å²) in [6, 6.07) is 8.35. The number of aliphatic hydroxyl groups is 1. The van der Waals surface area contributed by atoms with Crippen molar-refractivity contribution in [3.63, 3.8) is 0 Å². The lowest BCUT2D eigenvalue weighted by Crippen LogP contribution is -2.31. The maximum absolute atomic E-state index is 12.8. The van der Waals surface area contributed by atoms with Gasteiger partial charge in [0.15, 0.2) is 0 Å². The van der Waals surface area contributed by atoms with Gasteiger partial charge in [0.1, 0.15) is 11.5 Å². The van der Waals surface area contributed by atoms with Crippen molar-refractivity contribution >= 4 is 28.8 Å². The highest BCUT2D eigenvalue weighted by Gasteiger charge is 2.46. The lowest BCUT2D eigenvalue weighted by Gasteiger charge is -2.24. The van der Waals surface area contributed by atoms with E-state index in [0.717, 1.165) is 10.4 Å². The van der Waals surface area contributed by atoms with Gasteiger partial charge in [-0.25, -0.2) is 0 Å². The predicted octanol–water partition coefficient (Wildman–Crippen LogP) is 3.52. The van der Waals surface area contributed by atoms with Crippen LogP contribution in [0.5, 0.6) is 5.75 Å². The summed E-state index contributed by atoms with van der Waals surface area (Å²) in [7, 11) is 3.16. The van der Waals surface area contributed by atoms with E-state index < -0.39 is 17.7 Å². The molecule has 6 nitrogen and oxygen atoms in total. The molecule has 0 bridgehead atoms. The predicted molar refractivity (Wildman–Crippen MR) is 108 cm³/mol. The standard InChI is InChI=1S/C21H23NO5S/c1-13-12-14(27-3)7-8-15(13)19(23)17-18(16-6-4-11-28-16)22(9-5-10-26-2)21(25)20(17)24/h4,6-8,11-12,18,23H,5,9-10H2,1-3H3/t18-/m1/s1. The Bertz CT molecular complexity index is 904. The van der Waals surface area contributed by atoms with Gasteiger partial charge in [0, 0.05) is 30.7 Å². The average Bonchev–Trinajstić information content (AvgIpc) is 3.30. The summed E-state index contributed by atoms with van der Waals surface area (Å²) in [5, 5.41) is 12.9. The zero-order chi connectivity index (χ0) is 20.3. The summed E-state index contributed by atoms with van der Waals surface area (Å²) in [4.78, 5) is 27.9. The van der Waals surface area contributed by atoms with Crippen LogP contribution in [-0.4, -0.2) is 49.1 Å². The van der Waals surface area contributed by atoms with Crippen LogP contribution in [0.4, 0.5) is 0 Å². The van der Waals surface area contributed by atoms with Crippen LogP contribution >= 0.6 is 11.3 Å². The van der Waals surface area contributed by atoms with E-state index in [1.165, 1.54) is 16.2 Å². The molecule has 1 aromatic heterocycles. The lowest BCUT2D eigenvalue weighted by atomic mass is 9.97. The molecule has 1 aromatic carbocycles. The van der Waals surface area contributed by atoms with E-state index in [4.69, 9.17) is 9.47 Å². The highest BCUT2D eigenvalue weighted by atomic mass is 32.1. The molecule has 2 aromatic rings. The van der Waals surface area contributed by atoms with Crippen molar-refractivity contribution in [1.82, 2.24) is 4.90 Å². The SMILES string of the molecule is COCCCN1C(=O)C(=O)C(=C(O)c2ccc(OC)cc2C)[C@H]1c1cccs1. The van der Waals surface area contributed by atoms with Gasteiger partial charge in [0.2, 0.25) is 0 Å². The molecular formula is C21H23NO5S. The Morgan fingerprint density at radius 3 is 2.64 bits per heavy atom. The number of thiophene rings is 1. The number of Topliss-reactive ketones (excluding diaryl/α,β-unsaturated/α-hetero) is 1. The van der Waals surface area contributed by atoms with E-state index in [1.54, 1.807) is 32.4 Å². The maximum atomic E-state index is 12.8. The number of ether oxygens (including phenoxy) is 2. The third-order valence-electron chi connectivity index (χ3n) is 4.79. The monoisotopic (exact) mass is 401 g/mol. The summed E-state index contributed by atoms with van der Waals surface area (Å²) in [5.41, 5.74) is 1.39. The van der Waals surface area contributed by atoms with Crippen LogP contribution in [0.25, 0.3) is 5.76 Å². The molecule has 148 valence electrons. The minimum Gasteiger partial charge on any atom is -0.507 e. The number of benzene rings is 1. The van der Waals surface area contributed by atoms with Gasteiger partial charge in [-0.2, -0.15) is 0 Å². The summed E-state index contributed by atoms with van der Waals surface area (Å²) >= 11 is 1.45. The number of hydrogen-bond donors (Lipinski definition) is 1. The molecule has 0 aliphatic carbocycles. The first-order valence-electron chi connectivity index (χ1n) is 8.95. The van der Waals surface area contributed by atoms with Crippen molar-refractivity contribution in [2.75, 3.05) is 27.4 Å². The van der Waals surface area contributed by atoms with Crippen LogP contribution in [-0.2, 0) is 14.3 Å². The van der Waals surface area contributed by atoms with Gasteiger partial charge in [-0.05, 0) is 48.6 Å². The number of aryl methyl sites for hydroxylation is 1. The average molecular weight is 401 g/mol. The Morgan fingerprint density at radius 1 is 1.25 bits per heavy atom. The number of amides is 1. The van der Waals surface area contributed by atoms with Gasteiger partial charge in [-0.3, -0.25) is 9.59 Å². The second kappa shape index (κ2) is 8.58. The molecule has 3 rings (SSSR count). The van der Waals surface area contributed by atoms with Crippen molar-refractivity contribution in [3.05, 3.63) is 57.3 Å². The molecule has 1 N–H and O–H groups in total. The van der Waals surface area contributed by atoms with E-state index in [9.17, 15) is 14.7 Å². The van der Waals surface area contributed by atoms with Crippen molar-refractivity contribution in [3.8, 4) is 5.75 Å². The van der Waals surface area contributed by atoms with Gasteiger partial charge in [0.05, 0.1) is 18.7 Å². The second-order valence-electron chi connectivity index (χ2n) is 6.54. The number of likely N-dealkylation sites (tertiary alicyclic amines) is 1. The maximum Gasteiger partial charge on any atom is 0.295 e. The van der Waals surface area contributed by atoms with E-state index in [2.05, 4.69) is 0 Å². The second-order valence-corrected chi connectivity index (χ2v) is 7.51. The summed E-state index contributed by atoms with van der Waals surface area (Å²) < 4.78 is 10.3. The molecule has 0 saturated carbocycles. The fraction of sp³-hybridized carbons (Fsp3) is 0.333. The normalized spacial score (nSPS) is 18.7. The summed E-state index contributed by atoms with van der Waals surface area (Å²) in [6.07, 6.45) is 0.604. The van der Waals surface area contributed by atoms with Crippen molar-refractivity contribution < 1.29 is 24.2 Å². The van der Waals surface area contributed by atoms with Gasteiger partial charge < -0.3 is 19.5 Å². The molecule has 0 unspecified atom stereocenters.